The molecular formula is C12H15BrF3NO2S. The van der Waals surface area contributed by atoms with Crippen molar-refractivity contribution in [2.45, 2.75) is 35.0 Å². The molecule has 0 radical (unpaired) electrons. The van der Waals surface area contributed by atoms with Crippen LogP contribution in [0.4, 0.5) is 18.9 Å². The van der Waals surface area contributed by atoms with Gasteiger partial charge < -0.3 is 5.32 Å². The van der Waals surface area contributed by atoms with Crippen LogP contribution in [0.5, 0.6) is 0 Å². The normalized spacial score (nSPS) is 14.1. The Morgan fingerprint density at radius 1 is 1.25 bits per heavy atom. The highest BCUT2D eigenvalue weighted by atomic mass is 79.9. The summed E-state index contributed by atoms with van der Waals surface area (Å²) in [6, 6.07) is 4.56. The Balaban J connectivity index is 2.71. The second-order valence-corrected chi connectivity index (χ2v) is 7.43. The first kappa shape index (κ1) is 17.3. The van der Waals surface area contributed by atoms with Crippen molar-refractivity contribution in [2.24, 2.45) is 0 Å². The molecule has 114 valence electrons. The fourth-order valence-corrected chi connectivity index (χ4v) is 2.45. The van der Waals surface area contributed by atoms with Gasteiger partial charge in [0.25, 0.3) is 9.84 Å². The van der Waals surface area contributed by atoms with Gasteiger partial charge in [-0.15, -0.1) is 0 Å². The Bertz CT molecular complexity index is 529. The molecule has 0 bridgehead atoms. The first-order chi connectivity index (χ1) is 9.18. The minimum absolute atomic E-state index is 0.375. The molecule has 0 amide bonds. The maximum absolute atomic E-state index is 12.3. The van der Waals surface area contributed by atoms with E-state index in [9.17, 15) is 21.6 Å². The third-order valence-electron chi connectivity index (χ3n) is 2.70. The molecule has 0 aliphatic rings. The zero-order chi connectivity index (χ0) is 15.4. The van der Waals surface area contributed by atoms with Crippen molar-refractivity contribution >= 4 is 31.5 Å². The fraction of sp³-hybridized carbons (Fsp3) is 0.500. The molecule has 1 rings (SSSR count). The van der Waals surface area contributed by atoms with Gasteiger partial charge in [-0.05, 0) is 37.1 Å². The number of rotatable bonds is 6. The van der Waals surface area contributed by atoms with Gasteiger partial charge in [0.05, 0.1) is 4.90 Å². The summed E-state index contributed by atoms with van der Waals surface area (Å²) in [5, 5.41) is 3.02. The summed E-state index contributed by atoms with van der Waals surface area (Å²) in [4.78, 5) is -0.373. The topological polar surface area (TPSA) is 46.2 Å². The van der Waals surface area contributed by atoms with Crippen LogP contribution in [-0.4, -0.2) is 25.3 Å². The van der Waals surface area contributed by atoms with Gasteiger partial charge in [0, 0.05) is 17.1 Å². The summed E-state index contributed by atoms with van der Waals surface area (Å²) < 4.78 is 59.3. The average molecular weight is 374 g/mol. The van der Waals surface area contributed by atoms with Crippen molar-refractivity contribution in [3.8, 4) is 0 Å². The summed E-state index contributed by atoms with van der Waals surface area (Å²) in [5.74, 6) is 0. The highest BCUT2D eigenvalue weighted by Crippen LogP contribution is 2.30. The van der Waals surface area contributed by atoms with Gasteiger partial charge in [0.2, 0.25) is 0 Å². The molecule has 0 saturated heterocycles. The number of alkyl halides is 4. The summed E-state index contributed by atoms with van der Waals surface area (Å²) in [5.41, 5.74) is -4.69. The minimum atomic E-state index is -5.27. The number of nitrogens with one attached hydrogen (secondary N) is 1. The molecule has 1 aromatic carbocycles. The van der Waals surface area contributed by atoms with Crippen LogP contribution in [0.25, 0.3) is 0 Å². The summed E-state index contributed by atoms with van der Waals surface area (Å²) in [6.07, 6.45) is 1.84. The van der Waals surface area contributed by atoms with E-state index in [0.717, 1.165) is 25.0 Å². The Labute approximate surface area is 124 Å². The van der Waals surface area contributed by atoms with Gasteiger partial charge >= 0.3 is 5.51 Å². The summed E-state index contributed by atoms with van der Waals surface area (Å²) >= 11 is 3.47. The zero-order valence-electron chi connectivity index (χ0n) is 10.7. The van der Waals surface area contributed by atoms with Crippen molar-refractivity contribution in [1.82, 2.24) is 0 Å². The molecule has 8 heteroatoms. The van der Waals surface area contributed by atoms with Crippen molar-refractivity contribution in [3.05, 3.63) is 24.3 Å². The predicted molar refractivity (Wildman–Crippen MR) is 75.8 cm³/mol. The predicted octanol–water partition coefficient (Wildman–Crippen LogP) is 3.96. The van der Waals surface area contributed by atoms with Crippen LogP contribution in [0.15, 0.2) is 29.2 Å². The van der Waals surface area contributed by atoms with E-state index in [1.165, 1.54) is 12.1 Å². The lowest BCUT2D eigenvalue weighted by atomic mass is 10.2. The highest BCUT2D eigenvalue weighted by Gasteiger charge is 2.46. The van der Waals surface area contributed by atoms with E-state index >= 15 is 0 Å². The quantitative estimate of drug-likeness (QED) is 0.767. The number of benzene rings is 1. The Hall–Kier alpha value is -0.760. The molecule has 0 aromatic heterocycles. The van der Waals surface area contributed by atoms with Gasteiger partial charge in [-0.3, -0.25) is 0 Å². The Morgan fingerprint density at radius 3 is 2.25 bits per heavy atom. The van der Waals surface area contributed by atoms with E-state index in [1.54, 1.807) is 0 Å². The molecule has 0 spiro atoms. The van der Waals surface area contributed by atoms with Crippen molar-refractivity contribution < 1.29 is 21.6 Å². The molecule has 0 heterocycles. The number of hydrogen-bond donors (Lipinski definition) is 1. The van der Waals surface area contributed by atoms with Gasteiger partial charge in [-0.2, -0.15) is 13.2 Å². The van der Waals surface area contributed by atoms with E-state index in [0.29, 0.717) is 17.1 Å². The maximum Gasteiger partial charge on any atom is 0.501 e. The minimum Gasteiger partial charge on any atom is -0.385 e. The van der Waals surface area contributed by atoms with Crippen LogP contribution in [0.1, 0.15) is 19.8 Å². The van der Waals surface area contributed by atoms with Crippen LogP contribution in [0.3, 0.4) is 0 Å². The molecule has 0 aliphatic heterocycles. The van der Waals surface area contributed by atoms with Crippen LogP contribution < -0.4 is 5.32 Å². The number of halogens is 4. The third-order valence-corrected chi connectivity index (χ3v) is 5.31. The SMILES string of the molecule is CCC(Br)CCNc1ccc(S(=O)(=O)C(F)(F)F)cc1. The Kier molecular flexibility index (Phi) is 5.88. The summed E-state index contributed by atoms with van der Waals surface area (Å²) in [6.45, 7) is 2.69. The molecule has 1 aromatic rings. The van der Waals surface area contributed by atoms with E-state index < -0.39 is 20.2 Å². The average Bonchev–Trinajstić information content (AvgIpc) is 2.37. The van der Waals surface area contributed by atoms with Crippen LogP contribution in [0, 0.1) is 0 Å². The number of anilines is 1. The Morgan fingerprint density at radius 2 is 1.80 bits per heavy atom. The van der Waals surface area contributed by atoms with E-state index in [-0.39, 0.29) is 0 Å². The molecule has 1 N–H and O–H groups in total. The fourth-order valence-electron chi connectivity index (χ4n) is 1.46. The number of sulfone groups is 1. The maximum atomic E-state index is 12.3. The van der Waals surface area contributed by atoms with Gasteiger partial charge in [-0.25, -0.2) is 8.42 Å². The lowest BCUT2D eigenvalue weighted by molar-refractivity contribution is -0.0436. The van der Waals surface area contributed by atoms with Crippen molar-refractivity contribution in [1.29, 1.82) is 0 Å². The first-order valence-corrected chi connectivity index (χ1v) is 8.37. The second-order valence-electron chi connectivity index (χ2n) is 4.19. The van der Waals surface area contributed by atoms with E-state index in [1.807, 2.05) is 6.92 Å². The molecule has 1 atom stereocenters. The van der Waals surface area contributed by atoms with Gasteiger partial charge in [0.1, 0.15) is 0 Å². The zero-order valence-corrected chi connectivity index (χ0v) is 13.1. The third kappa shape index (κ3) is 4.37. The molecule has 0 fully saturated rings. The lowest BCUT2D eigenvalue weighted by Crippen LogP contribution is -2.23. The van der Waals surface area contributed by atoms with Crippen LogP contribution in [0.2, 0.25) is 0 Å². The van der Waals surface area contributed by atoms with Crippen molar-refractivity contribution in [2.75, 3.05) is 11.9 Å². The molecule has 3 nitrogen and oxygen atoms in total. The van der Waals surface area contributed by atoms with Gasteiger partial charge in [-0.1, -0.05) is 22.9 Å². The van der Waals surface area contributed by atoms with Crippen LogP contribution >= 0.6 is 15.9 Å². The molecule has 20 heavy (non-hydrogen) atoms. The monoisotopic (exact) mass is 373 g/mol. The number of hydrogen-bond acceptors (Lipinski definition) is 3. The van der Waals surface area contributed by atoms with E-state index in [2.05, 4.69) is 21.2 Å². The van der Waals surface area contributed by atoms with Crippen LogP contribution in [-0.2, 0) is 9.84 Å². The standard InChI is InChI=1S/C12H15BrF3NO2S/c1-2-9(13)7-8-17-10-3-5-11(6-4-10)20(18,19)12(14,15)16/h3-6,9,17H,2,7-8H2,1H3. The van der Waals surface area contributed by atoms with Crippen molar-refractivity contribution in [3.63, 3.8) is 0 Å². The molecule has 0 aliphatic carbocycles. The first-order valence-electron chi connectivity index (χ1n) is 5.98. The highest BCUT2D eigenvalue weighted by molar-refractivity contribution is 9.09. The van der Waals surface area contributed by atoms with Gasteiger partial charge in [0.15, 0.2) is 0 Å². The smallest absolute Gasteiger partial charge is 0.385 e. The second kappa shape index (κ2) is 6.80. The lowest BCUT2D eigenvalue weighted by Gasteiger charge is -2.11. The molecule has 1 unspecified atom stereocenters. The molecule has 0 saturated carbocycles. The van der Waals surface area contributed by atoms with E-state index in [4.69, 9.17) is 0 Å². The summed E-state index contributed by atoms with van der Waals surface area (Å²) in [7, 11) is -5.27. The molecular weight excluding hydrogens is 359 g/mol. The largest absolute Gasteiger partial charge is 0.501 e.